The maximum absolute atomic E-state index is 13.8. The first-order valence-electron chi connectivity index (χ1n) is 34.3. The van der Waals surface area contributed by atoms with E-state index in [0.717, 1.165) is 44.9 Å². The molecule has 26 heteroatoms. The van der Waals surface area contributed by atoms with Gasteiger partial charge in [0.15, 0.2) is 27.9 Å². The fourth-order valence-electron chi connectivity index (χ4n) is 20.0. The zero-order valence-corrected chi connectivity index (χ0v) is 59.1. The van der Waals surface area contributed by atoms with Gasteiger partial charge in [-0.1, -0.05) is 96.1 Å². The average molecular weight is 1440 g/mol. The van der Waals surface area contributed by atoms with Crippen molar-refractivity contribution in [1.82, 2.24) is 0 Å². The number of alkyl halides is 4. The molecule has 0 amide bonds. The lowest BCUT2D eigenvalue weighted by molar-refractivity contribution is -0.777. The van der Waals surface area contributed by atoms with Crippen LogP contribution in [0.2, 0.25) is 0 Å². The summed E-state index contributed by atoms with van der Waals surface area (Å²) in [6.07, 6.45) is 8.82. The second-order valence-corrected chi connectivity index (χ2v) is 33.2. The summed E-state index contributed by atoms with van der Waals surface area (Å²) in [6, 6.07) is 32.2. The van der Waals surface area contributed by atoms with Crippen LogP contribution < -0.4 is 10.5 Å². The molecule has 544 valence electrons. The molecule has 0 aliphatic heterocycles. The van der Waals surface area contributed by atoms with E-state index >= 15 is 0 Å². The van der Waals surface area contributed by atoms with Gasteiger partial charge in [0, 0.05) is 61.2 Å². The van der Waals surface area contributed by atoms with Crippen LogP contribution in [0.25, 0.3) is 0 Å². The molecule has 0 radical (unpaired) electrons. The molecule has 8 aliphatic carbocycles. The Morgan fingerprint density at radius 2 is 1.10 bits per heavy atom. The minimum atomic E-state index is -3.65. The van der Waals surface area contributed by atoms with Crippen molar-refractivity contribution in [3.63, 3.8) is 0 Å². The minimum absolute atomic E-state index is 0.0146. The average Bonchev–Trinajstić information content (AvgIpc) is 1.68. The highest BCUT2D eigenvalue weighted by molar-refractivity contribution is 7.97. The van der Waals surface area contributed by atoms with Gasteiger partial charge in [-0.3, -0.25) is 48.4 Å². The van der Waals surface area contributed by atoms with Crippen LogP contribution in [0.1, 0.15) is 157 Å². The number of carbonyl (C=O) groups excluding carboxylic acids is 8. The zero-order valence-electron chi connectivity index (χ0n) is 56.7. The Bertz CT molecular complexity index is 3140. The fourth-order valence-corrected chi connectivity index (χ4v) is 22.5. The third kappa shape index (κ3) is 17.3. The second kappa shape index (κ2) is 33.8. The topological polar surface area (TPSA) is 266 Å². The van der Waals surface area contributed by atoms with E-state index in [0.29, 0.717) is 77.2 Å². The lowest BCUT2D eigenvalue weighted by Gasteiger charge is -2.64. The molecule has 8 saturated carbocycles. The maximum Gasteiger partial charge on any atom is 0.354 e. The van der Waals surface area contributed by atoms with E-state index in [1.165, 1.54) is 14.7 Å². The van der Waals surface area contributed by atoms with Gasteiger partial charge in [-0.15, -0.1) is 0 Å². The van der Waals surface area contributed by atoms with E-state index in [-0.39, 0.29) is 135 Å². The van der Waals surface area contributed by atoms with Gasteiger partial charge in [-0.25, -0.2) is 0 Å². The molecule has 0 N–H and O–H groups in total. The van der Waals surface area contributed by atoms with Crippen molar-refractivity contribution in [1.29, 1.82) is 0 Å². The van der Waals surface area contributed by atoms with Gasteiger partial charge in [-0.05, 0) is 183 Å². The summed E-state index contributed by atoms with van der Waals surface area (Å²) in [5, 5.41) is 18.0. The maximum atomic E-state index is 13.8. The SMILES string of the molecule is CC(CCC(=O)OCC(F)(F)SOO[O-])[C@H]1CC[C@H]2[C@@H]3C(=O)C[C@@H]4CC(=O)CC[C@]4(C)[C@H]3CC(=O)[C@]12C.CC(CCC(=O)OCC(F)(F)SOO[O-])[C@H]1CC[C@H]2[C@@H]3[C@H](OC=O)C[C@@H]4C[C@H](OC=O)CC[C@]4(C)[C@H]3C[C@H](OC=O)[C@]12C.c1ccc([S+](c2ccccc2)c2ccccc2)cc1. The first kappa shape index (κ1) is 77.7. The first-order valence-corrected chi connectivity index (χ1v) is 37.0. The molecule has 8 fully saturated rings. The van der Waals surface area contributed by atoms with E-state index in [4.69, 9.17) is 18.9 Å². The standard InChI is InChI=1S/C29H42F2O11S.C26H36F2O8S.C18H15S/c1-17(4-7-25(35)37-13-29(30,31)43-42-41-36)20-5-6-21-26-22(12-24(40-16-34)28(20,21)3)27(2)9-8-19(38-14-32)10-18(27)11-23(26)39-15-33;1-14(4-7-22(32)34-13-26(27,28)37-36-35-33)17-5-6-18-23-19(12-21(31)25(17,18)3)24(2)9-8-16(29)10-15(24)11-20(23)30;1-4-10-16(11-5-1)19(17-12-6-2-7-13-17)18-14-8-3-9-15-18/h14-24,26,36H,4-13H2,1-3H3;14-15,17-19,23,33H,4-13H2,1-3H3;1-15H/q;;+1/p-2/t17?,18-,19+,20+,21-,22-,23+,24-,26-,27-,28+;14?,15-,17+,18-,19-,23-,24-,25+;/m00./s1. The summed E-state index contributed by atoms with van der Waals surface area (Å²) in [6.45, 7) is 11.5. The predicted octanol–water partition coefficient (Wildman–Crippen LogP) is 12.7. The molecule has 99 heavy (non-hydrogen) atoms. The molecule has 19 atom stereocenters. The molecule has 0 bridgehead atoms. The molecule has 0 aromatic heterocycles. The quantitative estimate of drug-likeness (QED) is 0.0100. The molecule has 3 aromatic rings. The van der Waals surface area contributed by atoms with Crippen LogP contribution >= 0.6 is 24.1 Å². The van der Waals surface area contributed by atoms with Crippen LogP contribution in [0, 0.1) is 92.7 Å². The van der Waals surface area contributed by atoms with Gasteiger partial charge in [0.25, 0.3) is 19.4 Å². The number of hydrogen-bond donors (Lipinski definition) is 0. The Morgan fingerprint density at radius 1 is 0.596 bits per heavy atom. The monoisotopic (exact) mass is 1440 g/mol. The van der Waals surface area contributed by atoms with E-state index in [1.54, 1.807) is 0 Å². The molecular formula is C73H91F4O19S3-. The summed E-state index contributed by atoms with van der Waals surface area (Å²) >= 11 is -1.07. The number of hydrogen-bond acceptors (Lipinski definition) is 21. The van der Waals surface area contributed by atoms with Crippen molar-refractivity contribution in [3.05, 3.63) is 91.0 Å². The molecule has 8 aliphatic rings. The van der Waals surface area contributed by atoms with Gasteiger partial charge >= 0.3 is 22.4 Å². The second-order valence-electron chi connectivity index (χ2n) is 29.4. The first-order chi connectivity index (χ1) is 47.2. The highest BCUT2D eigenvalue weighted by atomic mass is 32.2. The van der Waals surface area contributed by atoms with E-state index in [2.05, 4.69) is 135 Å². The number of fused-ring (bicyclic) bond motifs is 10. The van der Waals surface area contributed by atoms with Gasteiger partial charge in [0.2, 0.25) is 0 Å². The number of halogens is 4. The normalized spacial score (nSPS) is 33.5. The number of rotatable bonds is 27. The number of benzene rings is 3. The molecule has 2 unspecified atom stereocenters. The number of ether oxygens (including phenoxy) is 5. The minimum Gasteiger partial charge on any atom is -0.691 e. The molecule has 11 rings (SSSR count). The van der Waals surface area contributed by atoms with Crippen molar-refractivity contribution in [2.45, 2.75) is 201 Å². The van der Waals surface area contributed by atoms with Gasteiger partial charge < -0.3 is 34.2 Å². The van der Waals surface area contributed by atoms with Crippen LogP contribution in [0.4, 0.5) is 17.6 Å². The largest absolute Gasteiger partial charge is 0.691 e. The number of Topliss-reactive ketones (excluding diaryl/α,β-unsaturated/α-hetero) is 3. The highest BCUT2D eigenvalue weighted by Crippen LogP contribution is 2.70. The number of carbonyl (C=O) groups is 8. The van der Waals surface area contributed by atoms with Crippen molar-refractivity contribution >= 4 is 83.7 Å². The van der Waals surface area contributed by atoms with Crippen molar-refractivity contribution in [2.75, 3.05) is 13.2 Å². The van der Waals surface area contributed by atoms with E-state index in [1.807, 2.05) is 20.8 Å². The Hall–Kier alpha value is -5.45. The van der Waals surface area contributed by atoms with E-state index in [9.17, 15) is 66.4 Å². The number of esters is 2. The summed E-state index contributed by atoms with van der Waals surface area (Å²) < 4.78 is 87.7. The fraction of sp³-hybridized carbons (Fsp3) is 0.644. The van der Waals surface area contributed by atoms with Crippen LogP contribution in [-0.4, -0.2) is 90.7 Å². The third-order valence-corrected chi connectivity index (χ3v) is 28.0. The molecule has 19 nitrogen and oxygen atoms in total. The van der Waals surface area contributed by atoms with Crippen molar-refractivity contribution in [3.8, 4) is 0 Å². The zero-order chi connectivity index (χ0) is 71.5. The van der Waals surface area contributed by atoms with Gasteiger partial charge in [-0.2, -0.15) is 26.2 Å². The Balaban J connectivity index is 0.000000185. The predicted molar refractivity (Wildman–Crippen MR) is 349 cm³/mol. The van der Waals surface area contributed by atoms with Crippen LogP contribution in [0.5, 0.6) is 0 Å². The Morgan fingerprint density at radius 3 is 1.63 bits per heavy atom. The highest BCUT2D eigenvalue weighted by Gasteiger charge is 2.69. The molecule has 0 saturated heterocycles. The molecular weight excluding hydrogens is 1350 g/mol. The summed E-state index contributed by atoms with van der Waals surface area (Å²) in [5.41, 5.74) is -1.42. The Kier molecular flexibility index (Phi) is 26.5. The lowest BCUT2D eigenvalue weighted by Crippen LogP contribution is -2.63. The summed E-state index contributed by atoms with van der Waals surface area (Å²) in [5.74, 6) is -0.924. The van der Waals surface area contributed by atoms with Crippen molar-refractivity contribution in [2.24, 2.45) is 92.7 Å². The molecule has 0 heterocycles. The summed E-state index contributed by atoms with van der Waals surface area (Å²) in [4.78, 5) is 102. The van der Waals surface area contributed by atoms with Crippen molar-refractivity contribution < 1.29 is 109 Å². The van der Waals surface area contributed by atoms with Gasteiger partial charge in [0.1, 0.15) is 59.7 Å². The number of ketones is 3. The van der Waals surface area contributed by atoms with Crippen LogP contribution in [0.3, 0.4) is 0 Å². The smallest absolute Gasteiger partial charge is 0.354 e. The molecule has 3 aromatic carbocycles. The third-order valence-electron chi connectivity index (χ3n) is 24.8. The van der Waals surface area contributed by atoms with Crippen LogP contribution in [-0.2, 0) is 91.7 Å². The Labute approximate surface area is 587 Å². The van der Waals surface area contributed by atoms with Gasteiger partial charge in [0.05, 0.1) is 10.9 Å². The van der Waals surface area contributed by atoms with Crippen LogP contribution in [0.15, 0.2) is 106 Å². The summed E-state index contributed by atoms with van der Waals surface area (Å²) in [7, 11) is -0.0146. The lowest BCUT2D eigenvalue weighted by atomic mass is 9.43. The van der Waals surface area contributed by atoms with E-state index < -0.39 is 76.7 Å². The molecule has 0 spiro atoms.